The molecular weight excluding hydrogens is 255 g/mol. The van der Waals surface area contributed by atoms with Crippen LogP contribution < -0.4 is 0 Å². The van der Waals surface area contributed by atoms with E-state index in [-0.39, 0.29) is 5.35 Å². The SMILES string of the molecule is Clc1nnc(-c2ccc(Br)cc2)o1. The Hall–Kier alpha value is -0.870. The van der Waals surface area contributed by atoms with Crippen molar-refractivity contribution in [2.75, 3.05) is 0 Å². The fraction of sp³-hybridized carbons (Fsp3) is 0. The summed E-state index contributed by atoms with van der Waals surface area (Å²) in [4.78, 5) is 0. The van der Waals surface area contributed by atoms with Gasteiger partial charge in [-0.2, -0.15) is 0 Å². The maximum atomic E-state index is 5.49. The van der Waals surface area contributed by atoms with Crippen LogP contribution in [0.25, 0.3) is 11.5 Å². The van der Waals surface area contributed by atoms with E-state index in [1.807, 2.05) is 24.3 Å². The molecule has 0 fully saturated rings. The van der Waals surface area contributed by atoms with Crippen molar-refractivity contribution in [2.24, 2.45) is 0 Å². The van der Waals surface area contributed by atoms with Gasteiger partial charge in [0.25, 0.3) is 0 Å². The lowest BCUT2D eigenvalue weighted by Gasteiger charge is -1.93. The average molecular weight is 259 g/mol. The zero-order valence-electron chi connectivity index (χ0n) is 6.37. The van der Waals surface area contributed by atoms with Crippen LogP contribution in [0, 0.1) is 0 Å². The van der Waals surface area contributed by atoms with Crippen molar-refractivity contribution in [3.8, 4) is 11.5 Å². The summed E-state index contributed by atoms with van der Waals surface area (Å²) < 4.78 is 6.04. The molecule has 0 atom stereocenters. The second kappa shape index (κ2) is 3.47. The van der Waals surface area contributed by atoms with Crippen LogP contribution >= 0.6 is 27.5 Å². The monoisotopic (exact) mass is 258 g/mol. The molecule has 0 saturated heterocycles. The van der Waals surface area contributed by atoms with Crippen LogP contribution in [0.2, 0.25) is 5.35 Å². The predicted octanol–water partition coefficient (Wildman–Crippen LogP) is 3.15. The minimum atomic E-state index is 0.0536. The van der Waals surface area contributed by atoms with Crippen molar-refractivity contribution in [1.82, 2.24) is 10.2 Å². The highest BCUT2D eigenvalue weighted by Gasteiger charge is 2.05. The molecule has 0 radical (unpaired) electrons. The summed E-state index contributed by atoms with van der Waals surface area (Å²) in [6.07, 6.45) is 0. The normalized spacial score (nSPS) is 10.3. The van der Waals surface area contributed by atoms with Gasteiger partial charge in [-0.05, 0) is 35.9 Å². The van der Waals surface area contributed by atoms with Gasteiger partial charge < -0.3 is 4.42 Å². The quantitative estimate of drug-likeness (QED) is 0.790. The Balaban J connectivity index is 2.41. The maximum Gasteiger partial charge on any atom is 0.313 e. The molecule has 0 aliphatic rings. The topological polar surface area (TPSA) is 38.9 Å². The van der Waals surface area contributed by atoms with Gasteiger partial charge >= 0.3 is 5.35 Å². The van der Waals surface area contributed by atoms with Crippen LogP contribution in [0.3, 0.4) is 0 Å². The molecule has 1 aromatic carbocycles. The Morgan fingerprint density at radius 3 is 2.38 bits per heavy atom. The number of halogens is 2. The Kier molecular flexibility index (Phi) is 2.33. The van der Waals surface area contributed by atoms with Gasteiger partial charge in [-0.1, -0.05) is 21.0 Å². The number of hydrogen-bond donors (Lipinski definition) is 0. The van der Waals surface area contributed by atoms with E-state index in [0.717, 1.165) is 10.0 Å². The largest absolute Gasteiger partial charge is 0.407 e. The van der Waals surface area contributed by atoms with Crippen molar-refractivity contribution in [3.63, 3.8) is 0 Å². The molecule has 0 aliphatic carbocycles. The molecule has 5 heteroatoms. The van der Waals surface area contributed by atoms with E-state index in [9.17, 15) is 0 Å². The molecule has 66 valence electrons. The molecule has 0 spiro atoms. The maximum absolute atomic E-state index is 5.49. The third-order valence-electron chi connectivity index (χ3n) is 1.49. The summed E-state index contributed by atoms with van der Waals surface area (Å²) in [6, 6.07) is 7.53. The molecule has 0 bridgehead atoms. The van der Waals surface area contributed by atoms with Crippen molar-refractivity contribution in [1.29, 1.82) is 0 Å². The highest BCUT2D eigenvalue weighted by Crippen LogP contribution is 2.21. The van der Waals surface area contributed by atoms with E-state index in [2.05, 4.69) is 26.1 Å². The van der Waals surface area contributed by atoms with Gasteiger partial charge in [0.15, 0.2) is 0 Å². The van der Waals surface area contributed by atoms with E-state index in [1.165, 1.54) is 0 Å². The number of hydrogen-bond acceptors (Lipinski definition) is 3. The Morgan fingerprint density at radius 1 is 1.15 bits per heavy atom. The Bertz CT molecular complexity index is 412. The summed E-state index contributed by atoms with van der Waals surface area (Å²) in [5, 5.41) is 7.36. The first-order valence-electron chi connectivity index (χ1n) is 3.50. The number of benzene rings is 1. The van der Waals surface area contributed by atoms with Crippen LogP contribution in [0.1, 0.15) is 0 Å². The zero-order chi connectivity index (χ0) is 9.26. The molecule has 0 N–H and O–H groups in total. The smallest absolute Gasteiger partial charge is 0.313 e. The van der Waals surface area contributed by atoms with Gasteiger partial charge in [0.2, 0.25) is 5.89 Å². The second-order valence-electron chi connectivity index (χ2n) is 2.37. The highest BCUT2D eigenvalue weighted by atomic mass is 79.9. The van der Waals surface area contributed by atoms with Crippen LogP contribution in [0.4, 0.5) is 0 Å². The van der Waals surface area contributed by atoms with E-state index in [1.54, 1.807) is 0 Å². The highest BCUT2D eigenvalue weighted by molar-refractivity contribution is 9.10. The lowest BCUT2D eigenvalue weighted by molar-refractivity contribution is 0.571. The van der Waals surface area contributed by atoms with Gasteiger partial charge in [-0.25, -0.2) is 0 Å². The summed E-state index contributed by atoms with van der Waals surface area (Å²) in [6.45, 7) is 0. The second-order valence-corrected chi connectivity index (χ2v) is 3.61. The number of rotatable bonds is 1. The number of nitrogens with zero attached hydrogens (tertiary/aromatic N) is 2. The number of aromatic nitrogens is 2. The summed E-state index contributed by atoms with van der Waals surface area (Å²) in [5.74, 6) is 0.428. The van der Waals surface area contributed by atoms with E-state index >= 15 is 0 Å². The third kappa shape index (κ3) is 1.89. The average Bonchev–Trinajstić information content (AvgIpc) is 2.53. The minimum absolute atomic E-state index is 0.0536. The van der Waals surface area contributed by atoms with Gasteiger partial charge in [-0.15, -0.1) is 5.10 Å². The van der Waals surface area contributed by atoms with Gasteiger partial charge in [0, 0.05) is 10.0 Å². The first-order valence-corrected chi connectivity index (χ1v) is 4.68. The summed E-state index contributed by atoms with van der Waals surface area (Å²) >= 11 is 8.82. The minimum Gasteiger partial charge on any atom is -0.407 e. The molecule has 2 aromatic rings. The lowest BCUT2D eigenvalue weighted by Crippen LogP contribution is -1.76. The molecule has 3 nitrogen and oxygen atoms in total. The van der Waals surface area contributed by atoms with Crippen LogP contribution in [0.5, 0.6) is 0 Å². The van der Waals surface area contributed by atoms with E-state index in [4.69, 9.17) is 16.0 Å². The van der Waals surface area contributed by atoms with Gasteiger partial charge in [0.1, 0.15) is 0 Å². The van der Waals surface area contributed by atoms with Crippen molar-refractivity contribution in [2.45, 2.75) is 0 Å². The molecule has 1 heterocycles. The van der Waals surface area contributed by atoms with Crippen molar-refractivity contribution in [3.05, 3.63) is 34.1 Å². The standard InChI is InChI=1S/C8H4BrClN2O/c9-6-3-1-5(2-4-6)7-11-12-8(10)13-7/h1-4H. The first kappa shape index (κ1) is 8.72. The fourth-order valence-corrected chi connectivity index (χ4v) is 1.29. The van der Waals surface area contributed by atoms with E-state index < -0.39 is 0 Å². The summed E-state index contributed by atoms with van der Waals surface area (Å²) in [7, 11) is 0. The fourth-order valence-electron chi connectivity index (χ4n) is 0.914. The Morgan fingerprint density at radius 2 is 1.85 bits per heavy atom. The zero-order valence-corrected chi connectivity index (χ0v) is 8.71. The van der Waals surface area contributed by atoms with Crippen molar-refractivity contribution >= 4 is 27.5 Å². The van der Waals surface area contributed by atoms with E-state index in [0.29, 0.717) is 5.89 Å². The van der Waals surface area contributed by atoms with Crippen LogP contribution in [-0.2, 0) is 0 Å². The van der Waals surface area contributed by atoms with Gasteiger partial charge in [0.05, 0.1) is 0 Å². The molecule has 1 aromatic heterocycles. The molecule has 13 heavy (non-hydrogen) atoms. The predicted molar refractivity (Wildman–Crippen MR) is 52.4 cm³/mol. The molecule has 0 unspecified atom stereocenters. The molecule has 0 saturated carbocycles. The Labute approximate surface area is 87.9 Å². The molecule has 2 rings (SSSR count). The summed E-state index contributed by atoms with van der Waals surface area (Å²) in [5.41, 5.74) is 0.850. The van der Waals surface area contributed by atoms with Crippen LogP contribution in [-0.4, -0.2) is 10.2 Å². The third-order valence-corrected chi connectivity index (χ3v) is 2.17. The van der Waals surface area contributed by atoms with Crippen LogP contribution in [0.15, 0.2) is 33.2 Å². The van der Waals surface area contributed by atoms with Crippen molar-refractivity contribution < 1.29 is 4.42 Å². The van der Waals surface area contributed by atoms with Gasteiger partial charge in [-0.3, -0.25) is 0 Å². The molecule has 0 amide bonds. The first-order chi connectivity index (χ1) is 6.25. The molecule has 0 aliphatic heterocycles. The molecular formula is C8H4BrClN2O. The lowest BCUT2D eigenvalue weighted by atomic mass is 10.2.